The van der Waals surface area contributed by atoms with E-state index in [1.165, 1.54) is 10.8 Å². The molecule has 0 saturated heterocycles. The van der Waals surface area contributed by atoms with Crippen molar-refractivity contribution in [2.75, 3.05) is 0 Å². The molecule has 74 valence electrons. The molecule has 0 fully saturated rings. The van der Waals surface area contributed by atoms with Crippen molar-refractivity contribution in [2.45, 2.75) is 0 Å². The van der Waals surface area contributed by atoms with Crippen LogP contribution in [0.2, 0.25) is 5.02 Å². The fourth-order valence-corrected chi connectivity index (χ4v) is 1.75. The molecule has 0 radical (unpaired) electrons. The molecule has 0 atom stereocenters. The van der Waals surface area contributed by atoms with Crippen molar-refractivity contribution in [3.05, 3.63) is 35.2 Å². The van der Waals surface area contributed by atoms with E-state index in [4.69, 9.17) is 17.0 Å². The van der Waals surface area contributed by atoms with Crippen molar-refractivity contribution in [1.82, 2.24) is 19.6 Å². The Kier molecular flexibility index (Phi) is 1.58. The lowest BCUT2D eigenvalue weighted by Crippen LogP contribution is -2.17. The van der Waals surface area contributed by atoms with E-state index in [1.807, 2.05) is 6.07 Å². The average molecular weight is 220 g/mol. The highest BCUT2D eigenvalue weighted by Crippen LogP contribution is 2.18. The number of nitrogens with zero attached hydrogens (tertiary/aromatic N) is 3. The molecule has 1 aromatic carbocycles. The Morgan fingerprint density at radius 3 is 3.13 bits per heavy atom. The molecule has 0 spiro atoms. The van der Waals surface area contributed by atoms with Gasteiger partial charge in [-0.05, 0) is 18.2 Å². The van der Waals surface area contributed by atoms with Gasteiger partial charge in [0.15, 0.2) is 5.65 Å². The smallest absolute Gasteiger partial charge is 0.222 e. The normalized spacial score (nSPS) is 11.3. The van der Waals surface area contributed by atoms with E-state index in [0.29, 0.717) is 10.7 Å². The summed E-state index contributed by atoms with van der Waals surface area (Å²) in [6, 6.07) is 5.40. The van der Waals surface area contributed by atoms with Gasteiger partial charge in [-0.2, -0.15) is 9.61 Å². The minimum atomic E-state index is 0.192. The van der Waals surface area contributed by atoms with Gasteiger partial charge in [-0.15, -0.1) is 0 Å². The predicted octanol–water partition coefficient (Wildman–Crippen LogP) is 1.34. The zero-order valence-electron chi connectivity index (χ0n) is 7.53. The van der Waals surface area contributed by atoms with Crippen LogP contribution in [0.25, 0.3) is 16.6 Å². The standard InChI is InChI=1S/C9H6ClN5/c10-5-1-2-7-6(3-5)8-12-4-13-15(8)9(11)14-7/h1-4H,(H2,11,14). The molecule has 2 heterocycles. The van der Waals surface area contributed by atoms with Crippen molar-refractivity contribution >= 4 is 28.2 Å². The van der Waals surface area contributed by atoms with Crippen LogP contribution in [0.3, 0.4) is 0 Å². The third kappa shape index (κ3) is 1.13. The Balaban J connectivity index is 2.67. The lowest BCUT2D eigenvalue weighted by molar-refractivity contribution is 0.828. The van der Waals surface area contributed by atoms with Gasteiger partial charge in [0.1, 0.15) is 6.33 Å². The number of aromatic nitrogens is 4. The van der Waals surface area contributed by atoms with Crippen LogP contribution in [0, 0.1) is 5.41 Å². The molecule has 0 saturated carbocycles. The second-order valence-electron chi connectivity index (χ2n) is 3.16. The van der Waals surface area contributed by atoms with Crippen molar-refractivity contribution in [1.29, 1.82) is 5.41 Å². The van der Waals surface area contributed by atoms with E-state index in [2.05, 4.69) is 15.1 Å². The Labute approximate surface area is 88.8 Å². The van der Waals surface area contributed by atoms with Gasteiger partial charge in [0, 0.05) is 10.4 Å². The molecule has 0 unspecified atom stereocenters. The number of halogens is 1. The molecule has 0 aliphatic carbocycles. The molecular formula is C9H6ClN5. The maximum absolute atomic E-state index is 7.69. The molecule has 0 bridgehead atoms. The van der Waals surface area contributed by atoms with Crippen molar-refractivity contribution < 1.29 is 0 Å². The average Bonchev–Trinajstić information content (AvgIpc) is 2.69. The van der Waals surface area contributed by atoms with Crippen molar-refractivity contribution in [3.63, 3.8) is 0 Å². The maximum Gasteiger partial charge on any atom is 0.222 e. The summed E-state index contributed by atoms with van der Waals surface area (Å²) >= 11 is 5.91. The van der Waals surface area contributed by atoms with E-state index in [-0.39, 0.29) is 5.62 Å². The fourth-order valence-electron chi connectivity index (χ4n) is 1.58. The van der Waals surface area contributed by atoms with Crippen LogP contribution in [0.15, 0.2) is 24.5 Å². The molecule has 0 aliphatic heterocycles. The van der Waals surface area contributed by atoms with Gasteiger partial charge >= 0.3 is 0 Å². The van der Waals surface area contributed by atoms with Gasteiger partial charge in [-0.1, -0.05) is 11.6 Å². The van der Waals surface area contributed by atoms with Crippen LogP contribution in [-0.2, 0) is 0 Å². The largest absolute Gasteiger partial charge is 0.324 e. The number of rotatable bonds is 0. The lowest BCUT2D eigenvalue weighted by atomic mass is 10.2. The van der Waals surface area contributed by atoms with Crippen LogP contribution >= 0.6 is 11.6 Å². The highest BCUT2D eigenvalue weighted by atomic mass is 35.5. The van der Waals surface area contributed by atoms with Gasteiger partial charge in [0.25, 0.3) is 0 Å². The molecule has 2 N–H and O–H groups in total. The van der Waals surface area contributed by atoms with Crippen LogP contribution < -0.4 is 5.62 Å². The summed E-state index contributed by atoms with van der Waals surface area (Å²) in [7, 11) is 0. The third-order valence-electron chi connectivity index (χ3n) is 2.24. The van der Waals surface area contributed by atoms with E-state index in [1.54, 1.807) is 12.1 Å². The molecule has 5 nitrogen and oxygen atoms in total. The monoisotopic (exact) mass is 219 g/mol. The van der Waals surface area contributed by atoms with E-state index >= 15 is 0 Å². The molecule has 2 aromatic heterocycles. The Hall–Kier alpha value is -1.88. The first kappa shape index (κ1) is 8.43. The highest BCUT2D eigenvalue weighted by molar-refractivity contribution is 6.31. The lowest BCUT2D eigenvalue weighted by Gasteiger charge is -2.00. The number of nitrogens with one attached hydrogen (secondary N) is 2. The summed E-state index contributed by atoms with van der Waals surface area (Å²) in [5.41, 5.74) is 1.65. The van der Waals surface area contributed by atoms with Gasteiger partial charge in [-0.3, -0.25) is 5.41 Å². The summed E-state index contributed by atoms with van der Waals surface area (Å²) in [5.74, 6) is 0. The number of fused-ring (bicyclic) bond motifs is 3. The number of hydrogen-bond acceptors (Lipinski definition) is 3. The number of H-pyrrole nitrogens is 1. The van der Waals surface area contributed by atoms with Gasteiger partial charge < -0.3 is 4.98 Å². The minimum absolute atomic E-state index is 0.192. The number of aromatic amines is 1. The summed E-state index contributed by atoms with van der Waals surface area (Å²) in [5, 5.41) is 13.1. The predicted molar refractivity (Wildman–Crippen MR) is 55.7 cm³/mol. The van der Waals surface area contributed by atoms with E-state index in [0.717, 1.165) is 10.9 Å². The van der Waals surface area contributed by atoms with Crippen LogP contribution in [0.1, 0.15) is 0 Å². The molecule has 3 rings (SSSR count). The SMILES string of the molecule is N=c1[nH]c2ccc(Cl)cc2c2ncnn12. The molecule has 0 amide bonds. The first-order chi connectivity index (χ1) is 7.25. The first-order valence-electron chi connectivity index (χ1n) is 4.31. The van der Waals surface area contributed by atoms with Gasteiger partial charge in [0.05, 0.1) is 5.52 Å². The molecule has 3 aromatic rings. The maximum atomic E-state index is 7.69. The number of benzene rings is 1. The first-order valence-corrected chi connectivity index (χ1v) is 4.69. The second-order valence-corrected chi connectivity index (χ2v) is 3.60. The van der Waals surface area contributed by atoms with Crippen LogP contribution in [-0.4, -0.2) is 19.6 Å². The minimum Gasteiger partial charge on any atom is -0.324 e. The van der Waals surface area contributed by atoms with Gasteiger partial charge in [0.2, 0.25) is 5.62 Å². The van der Waals surface area contributed by atoms with E-state index < -0.39 is 0 Å². The van der Waals surface area contributed by atoms with Gasteiger partial charge in [-0.25, -0.2) is 4.98 Å². The summed E-state index contributed by atoms with van der Waals surface area (Å²) in [6.45, 7) is 0. The Morgan fingerprint density at radius 1 is 1.40 bits per heavy atom. The summed E-state index contributed by atoms with van der Waals surface area (Å²) < 4.78 is 1.43. The Bertz CT molecular complexity index is 711. The summed E-state index contributed by atoms with van der Waals surface area (Å²) in [6.07, 6.45) is 1.42. The van der Waals surface area contributed by atoms with E-state index in [9.17, 15) is 0 Å². The van der Waals surface area contributed by atoms with Crippen molar-refractivity contribution in [3.8, 4) is 0 Å². The second kappa shape index (κ2) is 2.80. The quantitative estimate of drug-likeness (QED) is 0.599. The molecule has 15 heavy (non-hydrogen) atoms. The van der Waals surface area contributed by atoms with Crippen LogP contribution in [0.4, 0.5) is 0 Å². The molecular weight excluding hydrogens is 214 g/mol. The highest BCUT2D eigenvalue weighted by Gasteiger charge is 2.04. The Morgan fingerprint density at radius 2 is 2.27 bits per heavy atom. The fraction of sp³-hybridized carbons (Fsp3) is 0. The van der Waals surface area contributed by atoms with Crippen molar-refractivity contribution in [2.24, 2.45) is 0 Å². The summed E-state index contributed by atoms with van der Waals surface area (Å²) in [4.78, 5) is 7.02. The molecule has 0 aliphatic rings. The third-order valence-corrected chi connectivity index (χ3v) is 2.47. The zero-order valence-corrected chi connectivity index (χ0v) is 8.28. The molecule has 6 heteroatoms. The zero-order chi connectivity index (χ0) is 10.4. The topological polar surface area (TPSA) is 69.8 Å². The van der Waals surface area contributed by atoms with Crippen LogP contribution in [0.5, 0.6) is 0 Å². The number of hydrogen-bond donors (Lipinski definition) is 2.